The van der Waals surface area contributed by atoms with Gasteiger partial charge in [0.15, 0.2) is 0 Å². The molecule has 0 saturated carbocycles. The van der Waals surface area contributed by atoms with Crippen LogP contribution in [0.5, 0.6) is 0 Å². The molecule has 0 unspecified atom stereocenters. The molecule has 128 valence electrons. The van der Waals surface area contributed by atoms with Gasteiger partial charge < -0.3 is 0 Å². The minimum Gasteiger partial charge on any atom is -0.298 e. The average molecular weight is 342 g/mol. The number of nitrogens with zero attached hydrogens (tertiary/aromatic N) is 3. The first kappa shape index (κ1) is 16.2. The molecule has 2 aromatic heterocycles. The fraction of sp³-hybridized carbons (Fsp3) is 0.550. The van der Waals surface area contributed by atoms with E-state index < -0.39 is 0 Å². The second-order valence-electron chi connectivity index (χ2n) is 7.61. The van der Waals surface area contributed by atoms with Crippen molar-refractivity contribution in [1.82, 2.24) is 14.8 Å². The lowest BCUT2D eigenvalue weighted by Crippen LogP contribution is -2.44. The fourth-order valence-electron chi connectivity index (χ4n) is 4.45. The number of aromatic nitrogens is 1. The van der Waals surface area contributed by atoms with E-state index in [2.05, 4.69) is 46.0 Å². The summed E-state index contributed by atoms with van der Waals surface area (Å²) in [6.07, 6.45) is 6.00. The summed E-state index contributed by atoms with van der Waals surface area (Å²) in [5, 5.41) is 0. The lowest BCUT2D eigenvalue weighted by Gasteiger charge is -2.40. The summed E-state index contributed by atoms with van der Waals surface area (Å²) in [5.74, 6) is 0. The van der Waals surface area contributed by atoms with Crippen molar-refractivity contribution in [2.75, 3.05) is 26.2 Å². The Bertz CT molecular complexity index is 669. The van der Waals surface area contributed by atoms with Gasteiger partial charge in [-0.05, 0) is 69.0 Å². The van der Waals surface area contributed by atoms with Crippen LogP contribution in [0.1, 0.15) is 34.7 Å². The minimum atomic E-state index is 0.513. The van der Waals surface area contributed by atoms with E-state index >= 15 is 0 Å². The Morgan fingerprint density at radius 3 is 2.67 bits per heavy atom. The molecule has 0 N–H and O–H groups in total. The van der Waals surface area contributed by atoms with E-state index in [1.165, 1.54) is 60.9 Å². The summed E-state index contributed by atoms with van der Waals surface area (Å²) >= 11 is 1.95. The molecule has 0 aromatic carbocycles. The maximum absolute atomic E-state index is 4.51. The maximum Gasteiger partial charge on any atom is 0.0543 e. The van der Waals surface area contributed by atoms with Gasteiger partial charge in [0.25, 0.3) is 0 Å². The van der Waals surface area contributed by atoms with Crippen molar-refractivity contribution >= 4 is 11.3 Å². The van der Waals surface area contributed by atoms with Crippen LogP contribution < -0.4 is 0 Å². The van der Waals surface area contributed by atoms with Crippen molar-refractivity contribution in [3.8, 4) is 0 Å². The summed E-state index contributed by atoms with van der Waals surface area (Å²) in [5.41, 5.74) is 1.72. The Morgan fingerprint density at radius 2 is 1.92 bits per heavy atom. The molecule has 4 heterocycles. The van der Waals surface area contributed by atoms with Crippen molar-refractivity contribution in [1.29, 1.82) is 0 Å². The van der Waals surface area contributed by atoms with Crippen molar-refractivity contribution in [3.63, 3.8) is 0 Å². The van der Waals surface area contributed by atoms with Crippen LogP contribution in [0.25, 0.3) is 0 Å². The monoisotopic (exact) mass is 341 g/mol. The van der Waals surface area contributed by atoms with Crippen LogP contribution in [0.4, 0.5) is 0 Å². The molecule has 4 heteroatoms. The van der Waals surface area contributed by atoms with Gasteiger partial charge in [-0.15, -0.1) is 11.3 Å². The van der Waals surface area contributed by atoms with Crippen LogP contribution in [0.2, 0.25) is 0 Å². The van der Waals surface area contributed by atoms with Crippen LogP contribution in [-0.4, -0.2) is 41.0 Å². The van der Waals surface area contributed by atoms with E-state index in [1.54, 1.807) is 0 Å². The third-order valence-electron chi connectivity index (χ3n) is 5.55. The Labute approximate surface area is 149 Å². The molecule has 0 aliphatic carbocycles. The fourth-order valence-corrected chi connectivity index (χ4v) is 5.38. The molecule has 2 saturated heterocycles. The number of piperidine rings is 1. The number of pyridine rings is 1. The van der Waals surface area contributed by atoms with Crippen LogP contribution in [0.15, 0.2) is 36.5 Å². The average Bonchev–Trinajstić information content (AvgIpc) is 3.15. The zero-order chi connectivity index (χ0) is 16.4. The van der Waals surface area contributed by atoms with Gasteiger partial charge >= 0.3 is 0 Å². The predicted molar refractivity (Wildman–Crippen MR) is 100 cm³/mol. The summed E-state index contributed by atoms with van der Waals surface area (Å²) in [4.78, 5) is 12.8. The van der Waals surface area contributed by atoms with Gasteiger partial charge in [-0.25, -0.2) is 0 Å². The molecular formula is C20H27N3S. The largest absolute Gasteiger partial charge is 0.298 e. The van der Waals surface area contributed by atoms with E-state index in [-0.39, 0.29) is 0 Å². The molecule has 2 aliphatic rings. The number of rotatable bonds is 4. The highest BCUT2D eigenvalue weighted by molar-refractivity contribution is 7.11. The zero-order valence-corrected chi connectivity index (χ0v) is 15.4. The Hall–Kier alpha value is -1.23. The molecule has 1 atom stereocenters. The van der Waals surface area contributed by atoms with E-state index in [0.29, 0.717) is 5.41 Å². The lowest BCUT2D eigenvalue weighted by molar-refractivity contribution is 0.0858. The van der Waals surface area contributed by atoms with E-state index in [0.717, 1.165) is 13.1 Å². The van der Waals surface area contributed by atoms with Crippen molar-refractivity contribution in [3.05, 3.63) is 52.0 Å². The van der Waals surface area contributed by atoms with Gasteiger partial charge in [0.2, 0.25) is 0 Å². The molecule has 4 rings (SSSR count). The van der Waals surface area contributed by atoms with Crippen LogP contribution >= 0.6 is 11.3 Å². The first-order valence-corrected chi connectivity index (χ1v) is 9.92. The van der Waals surface area contributed by atoms with E-state index in [9.17, 15) is 0 Å². The van der Waals surface area contributed by atoms with Crippen LogP contribution in [0.3, 0.4) is 0 Å². The summed E-state index contributed by atoms with van der Waals surface area (Å²) in [6, 6.07) is 10.8. The van der Waals surface area contributed by atoms with Gasteiger partial charge in [-0.1, -0.05) is 6.07 Å². The van der Waals surface area contributed by atoms with E-state index in [1.807, 2.05) is 23.6 Å². The Morgan fingerprint density at radius 1 is 1.04 bits per heavy atom. The third kappa shape index (κ3) is 3.71. The number of hydrogen-bond donors (Lipinski definition) is 0. The van der Waals surface area contributed by atoms with Crippen molar-refractivity contribution < 1.29 is 0 Å². The van der Waals surface area contributed by atoms with Crippen LogP contribution in [0, 0.1) is 12.3 Å². The highest BCUT2D eigenvalue weighted by Gasteiger charge is 2.41. The smallest absolute Gasteiger partial charge is 0.0543 e. The summed E-state index contributed by atoms with van der Waals surface area (Å²) in [6.45, 7) is 9.34. The van der Waals surface area contributed by atoms with Gasteiger partial charge in [-0.2, -0.15) is 0 Å². The highest BCUT2D eigenvalue weighted by Crippen LogP contribution is 2.40. The predicted octanol–water partition coefficient (Wildman–Crippen LogP) is 3.94. The molecule has 0 amide bonds. The number of hydrogen-bond acceptors (Lipinski definition) is 4. The molecule has 0 radical (unpaired) electrons. The first-order valence-electron chi connectivity index (χ1n) is 9.11. The highest BCUT2D eigenvalue weighted by atomic mass is 32.1. The summed E-state index contributed by atoms with van der Waals surface area (Å²) < 4.78 is 0. The quantitative estimate of drug-likeness (QED) is 0.840. The Kier molecular flexibility index (Phi) is 4.70. The van der Waals surface area contributed by atoms with Gasteiger partial charge in [0.1, 0.15) is 0 Å². The normalized spacial score (nSPS) is 25.5. The molecule has 2 fully saturated rings. The van der Waals surface area contributed by atoms with Crippen LogP contribution in [-0.2, 0) is 13.1 Å². The number of thiophene rings is 1. The molecule has 24 heavy (non-hydrogen) atoms. The van der Waals surface area contributed by atoms with Crippen molar-refractivity contribution in [2.24, 2.45) is 5.41 Å². The topological polar surface area (TPSA) is 19.4 Å². The first-order chi connectivity index (χ1) is 11.7. The van der Waals surface area contributed by atoms with E-state index in [4.69, 9.17) is 0 Å². The molecule has 2 aromatic rings. The lowest BCUT2D eigenvalue weighted by atomic mass is 9.79. The second-order valence-corrected chi connectivity index (χ2v) is 8.98. The minimum absolute atomic E-state index is 0.513. The summed E-state index contributed by atoms with van der Waals surface area (Å²) in [7, 11) is 0. The molecule has 3 nitrogen and oxygen atoms in total. The molecule has 0 bridgehead atoms. The second kappa shape index (κ2) is 6.95. The Balaban J connectivity index is 1.36. The van der Waals surface area contributed by atoms with Gasteiger partial charge in [0, 0.05) is 42.1 Å². The third-order valence-corrected chi connectivity index (χ3v) is 6.53. The zero-order valence-electron chi connectivity index (χ0n) is 14.6. The number of likely N-dealkylation sites (tertiary alicyclic amines) is 2. The van der Waals surface area contributed by atoms with Gasteiger partial charge in [-0.3, -0.25) is 14.8 Å². The standard InChI is InChI=1S/C20H27N3S/c1-17-6-7-19(24-17)14-23-12-9-20(16-23)8-4-11-22(15-20)13-18-5-2-3-10-21-18/h2-3,5-7,10H,4,8-9,11-16H2,1H3/t20-/m0/s1. The number of aryl methyl sites for hydroxylation is 1. The molecular weight excluding hydrogens is 314 g/mol. The molecule has 2 aliphatic heterocycles. The SMILES string of the molecule is Cc1ccc(CN2CC[C@]3(CCCN(Cc4ccccn4)C3)C2)s1. The van der Waals surface area contributed by atoms with Crippen molar-refractivity contribution in [2.45, 2.75) is 39.3 Å². The van der Waals surface area contributed by atoms with Gasteiger partial charge in [0.05, 0.1) is 5.69 Å². The molecule has 1 spiro atoms. The maximum atomic E-state index is 4.51.